The van der Waals surface area contributed by atoms with Gasteiger partial charge in [0.15, 0.2) is 12.1 Å². The number of carboxylic acid groups (broad SMARTS) is 1. The summed E-state index contributed by atoms with van der Waals surface area (Å²) >= 11 is 6.02. The number of carbonyl (C=O) groups excluding carboxylic acids is 1. The van der Waals surface area contributed by atoms with Crippen LogP contribution in [0.4, 0.5) is 0 Å². The van der Waals surface area contributed by atoms with Crippen molar-refractivity contribution in [3.05, 3.63) is 58.6 Å². The molecule has 0 aromatic heterocycles. The normalized spacial score (nSPS) is 14.7. The highest BCUT2D eigenvalue weighted by Crippen LogP contribution is 2.29. The van der Waals surface area contributed by atoms with Crippen molar-refractivity contribution >= 4 is 23.5 Å². The van der Waals surface area contributed by atoms with Crippen molar-refractivity contribution in [2.75, 3.05) is 6.61 Å². The monoisotopic (exact) mass is 375 g/mol. The van der Waals surface area contributed by atoms with E-state index in [-0.39, 0.29) is 0 Å². The second-order valence-corrected chi connectivity index (χ2v) is 6.34. The first-order valence-corrected chi connectivity index (χ1v) is 8.53. The van der Waals surface area contributed by atoms with E-state index in [1.807, 2.05) is 0 Å². The molecule has 0 bridgehead atoms. The molecule has 1 aliphatic heterocycles. The Kier molecular flexibility index (Phi) is 5.32. The molecular formula is C19H18ClNO5. The largest absolute Gasteiger partial charge is 0.493 e. The summed E-state index contributed by atoms with van der Waals surface area (Å²) in [5, 5.41) is 12.4. The number of para-hydroxylation sites is 1. The topological polar surface area (TPSA) is 84.9 Å². The van der Waals surface area contributed by atoms with Crippen LogP contribution in [0.5, 0.6) is 11.5 Å². The number of rotatable bonds is 6. The van der Waals surface area contributed by atoms with Crippen molar-refractivity contribution in [3.63, 3.8) is 0 Å². The summed E-state index contributed by atoms with van der Waals surface area (Å²) in [6, 6.07) is 10.7. The summed E-state index contributed by atoms with van der Waals surface area (Å²) in [7, 11) is 0. The van der Waals surface area contributed by atoms with E-state index in [0.717, 1.165) is 17.7 Å². The van der Waals surface area contributed by atoms with E-state index in [1.54, 1.807) is 42.5 Å². The molecule has 1 amide bonds. The standard InChI is InChI=1S/C19H18ClNO5/c1-11(26-16-5-3-2-4-14(16)20)18(22)21-17(19(23)24)13-6-7-15-12(10-13)8-9-25-15/h2-7,10-11,17H,8-9H2,1H3,(H,21,22)(H,23,24). The fourth-order valence-corrected chi connectivity index (χ4v) is 2.90. The highest BCUT2D eigenvalue weighted by atomic mass is 35.5. The van der Waals surface area contributed by atoms with Gasteiger partial charge in [0.2, 0.25) is 0 Å². The van der Waals surface area contributed by atoms with Gasteiger partial charge in [0.05, 0.1) is 11.6 Å². The van der Waals surface area contributed by atoms with Gasteiger partial charge >= 0.3 is 5.97 Å². The van der Waals surface area contributed by atoms with Crippen molar-refractivity contribution in [1.82, 2.24) is 5.32 Å². The van der Waals surface area contributed by atoms with Crippen LogP contribution in [0.1, 0.15) is 24.1 Å². The molecule has 2 atom stereocenters. The van der Waals surface area contributed by atoms with Crippen molar-refractivity contribution < 1.29 is 24.2 Å². The van der Waals surface area contributed by atoms with Gasteiger partial charge < -0.3 is 19.9 Å². The van der Waals surface area contributed by atoms with Crippen LogP contribution in [0.15, 0.2) is 42.5 Å². The summed E-state index contributed by atoms with van der Waals surface area (Å²) < 4.78 is 11.0. The molecule has 3 rings (SSSR count). The number of fused-ring (bicyclic) bond motifs is 1. The van der Waals surface area contributed by atoms with E-state index in [2.05, 4.69) is 5.32 Å². The van der Waals surface area contributed by atoms with Gasteiger partial charge in [-0.15, -0.1) is 0 Å². The van der Waals surface area contributed by atoms with Crippen molar-refractivity contribution in [2.24, 2.45) is 0 Å². The molecule has 0 aliphatic carbocycles. The van der Waals surface area contributed by atoms with Crippen LogP contribution in [0.3, 0.4) is 0 Å². The molecule has 0 radical (unpaired) electrons. The van der Waals surface area contributed by atoms with E-state index in [0.29, 0.717) is 22.9 Å². The van der Waals surface area contributed by atoms with Gasteiger partial charge in [0, 0.05) is 6.42 Å². The van der Waals surface area contributed by atoms with Crippen LogP contribution in [0.2, 0.25) is 5.02 Å². The van der Waals surface area contributed by atoms with E-state index in [4.69, 9.17) is 21.1 Å². The zero-order valence-corrected chi connectivity index (χ0v) is 14.8. The van der Waals surface area contributed by atoms with Crippen LogP contribution in [-0.4, -0.2) is 29.7 Å². The Morgan fingerprint density at radius 1 is 1.27 bits per heavy atom. The molecule has 2 aromatic rings. The number of amides is 1. The van der Waals surface area contributed by atoms with Crippen LogP contribution in [-0.2, 0) is 16.0 Å². The third-order valence-electron chi connectivity index (χ3n) is 4.09. The van der Waals surface area contributed by atoms with Gasteiger partial charge in [0.25, 0.3) is 5.91 Å². The fraction of sp³-hybridized carbons (Fsp3) is 0.263. The average Bonchev–Trinajstić information content (AvgIpc) is 3.08. The maximum Gasteiger partial charge on any atom is 0.330 e. The SMILES string of the molecule is CC(Oc1ccccc1Cl)C(=O)NC(C(=O)O)c1ccc2c(c1)CCO2. The van der Waals surface area contributed by atoms with Gasteiger partial charge in [-0.2, -0.15) is 0 Å². The second-order valence-electron chi connectivity index (χ2n) is 5.94. The lowest BCUT2D eigenvalue weighted by atomic mass is 10.0. The molecule has 0 spiro atoms. The van der Waals surface area contributed by atoms with Crippen molar-refractivity contribution in [2.45, 2.75) is 25.5 Å². The lowest BCUT2D eigenvalue weighted by Crippen LogP contribution is -2.41. The Balaban J connectivity index is 1.72. The molecule has 2 aromatic carbocycles. The molecule has 7 heteroatoms. The Morgan fingerprint density at radius 2 is 2.04 bits per heavy atom. The predicted molar refractivity (Wildman–Crippen MR) is 95.7 cm³/mol. The average molecular weight is 376 g/mol. The van der Waals surface area contributed by atoms with Crippen LogP contribution in [0, 0.1) is 0 Å². The number of ether oxygens (including phenoxy) is 2. The number of halogens is 1. The molecule has 0 fully saturated rings. The number of aliphatic carboxylic acids is 1. The lowest BCUT2D eigenvalue weighted by Gasteiger charge is -2.20. The Hall–Kier alpha value is -2.73. The minimum absolute atomic E-state index is 0.360. The molecule has 136 valence electrons. The highest BCUT2D eigenvalue weighted by Gasteiger charge is 2.27. The van der Waals surface area contributed by atoms with E-state index in [1.165, 1.54) is 6.92 Å². The molecule has 0 saturated heterocycles. The summed E-state index contributed by atoms with van der Waals surface area (Å²) in [6.07, 6.45) is -0.190. The van der Waals surface area contributed by atoms with E-state index in [9.17, 15) is 14.7 Å². The summed E-state index contributed by atoms with van der Waals surface area (Å²) in [6.45, 7) is 2.11. The Bertz CT molecular complexity index is 838. The quantitative estimate of drug-likeness (QED) is 0.810. The van der Waals surface area contributed by atoms with Gasteiger partial charge in [-0.25, -0.2) is 4.79 Å². The predicted octanol–water partition coefficient (Wildman–Crippen LogP) is 2.98. The van der Waals surface area contributed by atoms with Gasteiger partial charge in [-0.05, 0) is 42.3 Å². The second kappa shape index (κ2) is 7.66. The number of nitrogens with one attached hydrogen (secondary N) is 1. The lowest BCUT2D eigenvalue weighted by molar-refractivity contribution is -0.143. The number of benzene rings is 2. The number of carboxylic acids is 1. The summed E-state index contributed by atoms with van der Waals surface area (Å²) in [5.74, 6) is -0.589. The maximum atomic E-state index is 12.4. The zero-order chi connectivity index (χ0) is 18.7. The fourth-order valence-electron chi connectivity index (χ4n) is 2.72. The molecule has 2 N–H and O–H groups in total. The third kappa shape index (κ3) is 3.91. The first-order chi connectivity index (χ1) is 12.5. The number of carbonyl (C=O) groups is 2. The molecule has 1 aliphatic rings. The Labute approximate surface area is 155 Å². The summed E-state index contributed by atoms with van der Waals surface area (Å²) in [5.41, 5.74) is 1.42. The summed E-state index contributed by atoms with van der Waals surface area (Å²) in [4.78, 5) is 24.1. The molecule has 1 heterocycles. The molecular weight excluding hydrogens is 358 g/mol. The van der Waals surface area contributed by atoms with Crippen molar-refractivity contribution in [1.29, 1.82) is 0 Å². The number of hydrogen-bond donors (Lipinski definition) is 2. The molecule has 2 unspecified atom stereocenters. The Morgan fingerprint density at radius 3 is 2.77 bits per heavy atom. The van der Waals surface area contributed by atoms with Crippen molar-refractivity contribution in [3.8, 4) is 11.5 Å². The van der Waals surface area contributed by atoms with Crippen LogP contribution < -0.4 is 14.8 Å². The molecule has 0 saturated carbocycles. The van der Waals surface area contributed by atoms with E-state index >= 15 is 0 Å². The van der Waals surface area contributed by atoms with Crippen LogP contribution in [0.25, 0.3) is 0 Å². The van der Waals surface area contributed by atoms with E-state index < -0.39 is 24.0 Å². The number of hydrogen-bond acceptors (Lipinski definition) is 4. The molecule has 6 nitrogen and oxygen atoms in total. The van der Waals surface area contributed by atoms with Gasteiger partial charge in [-0.1, -0.05) is 29.8 Å². The van der Waals surface area contributed by atoms with Gasteiger partial charge in [-0.3, -0.25) is 4.79 Å². The maximum absolute atomic E-state index is 12.4. The molecule has 26 heavy (non-hydrogen) atoms. The van der Waals surface area contributed by atoms with Crippen LogP contribution >= 0.6 is 11.6 Å². The smallest absolute Gasteiger partial charge is 0.330 e. The third-order valence-corrected chi connectivity index (χ3v) is 4.40. The minimum atomic E-state index is -1.18. The first-order valence-electron chi connectivity index (χ1n) is 8.15. The zero-order valence-electron chi connectivity index (χ0n) is 14.1. The minimum Gasteiger partial charge on any atom is -0.493 e. The highest BCUT2D eigenvalue weighted by molar-refractivity contribution is 6.32. The first kappa shape index (κ1) is 18.1. The van der Waals surface area contributed by atoms with Gasteiger partial charge in [0.1, 0.15) is 11.5 Å².